The molecule has 3 aromatic rings. The Kier molecular flexibility index (Phi) is 15.6. The fourth-order valence-electron chi connectivity index (χ4n) is 5.11. The highest BCUT2D eigenvalue weighted by Crippen LogP contribution is 2.40. The van der Waals surface area contributed by atoms with Crippen LogP contribution in [-0.2, 0) is 29.0 Å². The van der Waals surface area contributed by atoms with Crippen LogP contribution in [-0.4, -0.2) is 72.8 Å². The molecule has 2 aromatic carbocycles. The first kappa shape index (κ1) is 43.5. The third-order valence-electron chi connectivity index (χ3n) is 7.45. The molecule has 54 heavy (non-hydrogen) atoms. The number of nitrogens with one attached hydrogen (secondary N) is 3. The molecule has 0 unspecified atom stereocenters. The Labute approximate surface area is 322 Å². The van der Waals surface area contributed by atoms with Crippen molar-refractivity contribution in [3.05, 3.63) is 52.9 Å². The number of thioether (sulfide) groups is 1. The third kappa shape index (κ3) is 13.2. The second-order valence-corrected chi connectivity index (χ2v) is 17.1. The summed E-state index contributed by atoms with van der Waals surface area (Å²) in [6.45, 7) is 7.07. The number of carbonyl (C=O) groups is 5. The van der Waals surface area contributed by atoms with E-state index in [1.54, 1.807) is 52.1 Å². The fourth-order valence-corrected chi connectivity index (χ4v) is 9.05. The lowest BCUT2D eigenvalue weighted by Gasteiger charge is -2.18. The zero-order valence-electron chi connectivity index (χ0n) is 30.6. The zero-order chi connectivity index (χ0) is 40.2. The van der Waals surface area contributed by atoms with Crippen molar-refractivity contribution in [3.8, 4) is 11.1 Å². The molecule has 15 nitrogen and oxygen atoms in total. The number of nitrogens with zero attached hydrogens (tertiary/aromatic N) is 1. The van der Waals surface area contributed by atoms with Gasteiger partial charge in [-0.2, -0.15) is 4.99 Å². The van der Waals surface area contributed by atoms with Crippen LogP contribution in [0.2, 0.25) is 0 Å². The Balaban J connectivity index is 1.98. The number of carboxylic acids is 2. The molecule has 0 spiro atoms. The van der Waals surface area contributed by atoms with Gasteiger partial charge >= 0.3 is 24.1 Å². The maximum absolute atomic E-state index is 14.1. The van der Waals surface area contributed by atoms with Crippen LogP contribution in [0.5, 0.6) is 0 Å². The van der Waals surface area contributed by atoms with Crippen LogP contribution >= 0.6 is 23.1 Å². The number of hydrogen-bond donors (Lipinski definition) is 6. The lowest BCUT2D eigenvalue weighted by atomic mass is 9.97. The number of amidine groups is 1. The molecule has 0 saturated carbocycles. The maximum atomic E-state index is 14.1. The lowest BCUT2D eigenvalue weighted by Crippen LogP contribution is -2.29. The van der Waals surface area contributed by atoms with Gasteiger partial charge in [0.2, 0.25) is 15.7 Å². The minimum atomic E-state index is -4.17. The number of benzene rings is 2. The van der Waals surface area contributed by atoms with Crippen LogP contribution in [0.15, 0.2) is 61.5 Å². The molecule has 1 aromatic heterocycles. The number of carbonyl (C=O) groups excluding carboxylic acids is 3. The highest BCUT2D eigenvalue weighted by Gasteiger charge is 2.27. The van der Waals surface area contributed by atoms with Crippen molar-refractivity contribution in [1.29, 1.82) is 0 Å². The molecule has 0 bridgehead atoms. The van der Waals surface area contributed by atoms with Gasteiger partial charge in [-0.3, -0.25) is 14.4 Å². The van der Waals surface area contributed by atoms with Gasteiger partial charge in [-0.05, 0) is 94.7 Å². The molecule has 7 N–H and O–H groups in total. The summed E-state index contributed by atoms with van der Waals surface area (Å²) in [5.74, 6) is -2.60. The first-order valence-corrected chi connectivity index (χ1v) is 20.4. The van der Waals surface area contributed by atoms with E-state index in [2.05, 4.69) is 20.9 Å². The predicted molar refractivity (Wildman–Crippen MR) is 208 cm³/mol. The van der Waals surface area contributed by atoms with Crippen molar-refractivity contribution < 1.29 is 47.3 Å². The average Bonchev–Trinajstić information content (AvgIpc) is 3.51. The lowest BCUT2D eigenvalue weighted by molar-refractivity contribution is -0.138. The average molecular weight is 804 g/mol. The molecule has 0 aliphatic carbocycles. The quantitative estimate of drug-likeness (QED) is 0.0354. The summed E-state index contributed by atoms with van der Waals surface area (Å²) in [6, 6.07) is 10.1. The molecule has 0 atom stereocenters. The first-order chi connectivity index (χ1) is 25.3. The van der Waals surface area contributed by atoms with E-state index in [4.69, 9.17) is 20.7 Å². The fraction of sp³-hybridized carbons (Fsp3) is 0.389. The van der Waals surface area contributed by atoms with Crippen molar-refractivity contribution in [2.45, 2.75) is 92.2 Å². The Bertz CT molecular complexity index is 2020. The minimum absolute atomic E-state index is 0.0365. The van der Waals surface area contributed by atoms with Crippen LogP contribution in [0, 0.1) is 6.92 Å². The van der Waals surface area contributed by atoms with Crippen molar-refractivity contribution in [2.24, 2.45) is 10.7 Å². The molecule has 1 heterocycles. The topological polar surface area (TPSA) is 244 Å². The molecular formula is C36H45N5O10S3. The SMILES string of the molecule is CSc1sc(/C(N)=N\C(=O)OC(C)(C)C)cc1S(=O)(=O)c1cccc(-c2c(C)cc(NC(=O)NCCCCCC(=O)O)cc2NC(=O)CCCC(=O)O)c1. The molecule has 0 aliphatic rings. The smallest absolute Gasteiger partial charge is 0.436 e. The van der Waals surface area contributed by atoms with E-state index in [0.717, 1.165) is 11.3 Å². The number of aliphatic imine (C=N–C) groups is 1. The number of aryl methyl sites for hydroxylation is 1. The van der Waals surface area contributed by atoms with Crippen LogP contribution in [0.1, 0.15) is 76.2 Å². The summed E-state index contributed by atoms with van der Waals surface area (Å²) in [5.41, 5.74) is 7.33. The molecule has 18 heteroatoms. The molecule has 0 fully saturated rings. The number of hydrogen-bond acceptors (Lipinski definition) is 10. The summed E-state index contributed by atoms with van der Waals surface area (Å²) >= 11 is 2.25. The van der Waals surface area contributed by atoms with E-state index in [0.29, 0.717) is 52.4 Å². The summed E-state index contributed by atoms with van der Waals surface area (Å²) in [6.07, 6.45) is 2.31. The number of carboxylic acid groups (broad SMARTS) is 2. The number of anilines is 2. The Hall–Kier alpha value is -4.94. The highest BCUT2D eigenvalue weighted by molar-refractivity contribution is 8.01. The number of nitrogens with two attached hydrogens (primary N) is 1. The number of unbranched alkanes of at least 4 members (excludes halogenated alkanes) is 2. The van der Waals surface area contributed by atoms with Gasteiger partial charge in [-0.25, -0.2) is 18.0 Å². The highest BCUT2D eigenvalue weighted by atomic mass is 32.2. The van der Waals surface area contributed by atoms with Crippen molar-refractivity contribution in [3.63, 3.8) is 0 Å². The van der Waals surface area contributed by atoms with Gasteiger partial charge in [0, 0.05) is 37.1 Å². The standard InChI is InChI=1S/C36H45N5O10S3/c1-21-17-23(39-34(47)38-16-8-6-7-14-29(43)44)19-25(40-28(42)13-10-15-30(45)46)31(21)22-11-9-12-24(18-22)54(49,50)27-20-26(53-33(27)52-5)32(37)41-35(48)51-36(2,3)4/h9,11-12,17-20H,6-8,10,13-16H2,1-5H3,(H,40,42)(H,43,44)(H,45,46)(H2,37,41,48)(H2,38,39,47). The molecule has 0 aliphatic heterocycles. The number of rotatable bonds is 17. The predicted octanol–water partition coefficient (Wildman–Crippen LogP) is 6.88. The van der Waals surface area contributed by atoms with Gasteiger partial charge < -0.3 is 36.6 Å². The molecule has 0 radical (unpaired) electrons. The van der Waals surface area contributed by atoms with Gasteiger partial charge in [-0.15, -0.1) is 23.1 Å². The number of aliphatic carboxylic acids is 2. The Morgan fingerprint density at radius 2 is 1.61 bits per heavy atom. The molecule has 0 saturated heterocycles. The second-order valence-electron chi connectivity index (χ2n) is 13.1. The normalized spacial score (nSPS) is 11.8. The minimum Gasteiger partial charge on any atom is -0.481 e. The van der Waals surface area contributed by atoms with Crippen molar-refractivity contribution in [1.82, 2.24) is 5.32 Å². The van der Waals surface area contributed by atoms with Gasteiger partial charge in [0.25, 0.3) is 0 Å². The van der Waals surface area contributed by atoms with Gasteiger partial charge in [0.15, 0.2) is 0 Å². The molecular weight excluding hydrogens is 759 g/mol. The van der Waals surface area contributed by atoms with E-state index in [-0.39, 0.29) is 51.9 Å². The molecule has 4 amide bonds. The Morgan fingerprint density at radius 1 is 0.926 bits per heavy atom. The number of ether oxygens (including phenoxy) is 1. The summed E-state index contributed by atoms with van der Waals surface area (Å²) in [5, 5.41) is 26.0. The summed E-state index contributed by atoms with van der Waals surface area (Å²) < 4.78 is 33.9. The van der Waals surface area contributed by atoms with E-state index in [1.165, 1.54) is 36.0 Å². The zero-order valence-corrected chi connectivity index (χ0v) is 33.1. The largest absolute Gasteiger partial charge is 0.481 e. The van der Waals surface area contributed by atoms with Crippen molar-refractivity contribution in [2.75, 3.05) is 23.4 Å². The summed E-state index contributed by atoms with van der Waals surface area (Å²) in [4.78, 5) is 63.6. The van der Waals surface area contributed by atoms with Gasteiger partial charge in [0.05, 0.1) is 24.6 Å². The van der Waals surface area contributed by atoms with Crippen LogP contribution in [0.25, 0.3) is 11.1 Å². The molecule has 292 valence electrons. The maximum Gasteiger partial charge on any atom is 0.436 e. The summed E-state index contributed by atoms with van der Waals surface area (Å²) in [7, 11) is -4.17. The molecule has 3 rings (SSSR count). The first-order valence-electron chi connectivity index (χ1n) is 16.8. The number of sulfone groups is 1. The van der Waals surface area contributed by atoms with Crippen molar-refractivity contribution >= 4 is 80.1 Å². The number of thiophene rings is 1. The second kappa shape index (κ2) is 19.4. The third-order valence-corrected chi connectivity index (χ3v) is 11.8. The van der Waals surface area contributed by atoms with E-state index in [9.17, 15) is 32.4 Å². The Morgan fingerprint density at radius 3 is 2.26 bits per heavy atom. The van der Waals surface area contributed by atoms with E-state index in [1.807, 2.05) is 0 Å². The van der Waals surface area contributed by atoms with Gasteiger partial charge in [-0.1, -0.05) is 18.6 Å². The van der Waals surface area contributed by atoms with E-state index >= 15 is 0 Å². The van der Waals surface area contributed by atoms with Crippen LogP contribution in [0.3, 0.4) is 0 Å². The van der Waals surface area contributed by atoms with Gasteiger partial charge in [0.1, 0.15) is 11.4 Å². The number of urea groups is 1. The monoisotopic (exact) mass is 803 g/mol. The van der Waals surface area contributed by atoms with Crippen LogP contribution < -0.4 is 21.7 Å². The van der Waals surface area contributed by atoms with E-state index < -0.39 is 45.4 Å². The number of amides is 4. The van der Waals surface area contributed by atoms with Crippen LogP contribution in [0.4, 0.5) is 21.0 Å².